The van der Waals surface area contributed by atoms with Crippen LogP contribution in [0.15, 0.2) is 0 Å². The third kappa shape index (κ3) is 7.02. The van der Waals surface area contributed by atoms with Crippen LogP contribution in [-0.2, 0) is 4.74 Å². The highest BCUT2D eigenvalue weighted by molar-refractivity contribution is 4.64. The Morgan fingerprint density at radius 3 is 2.65 bits per heavy atom. The third-order valence-corrected chi connectivity index (χ3v) is 3.65. The number of likely N-dealkylation sites (N-methyl/N-ethyl adjacent to an activating group) is 1. The van der Waals surface area contributed by atoms with E-state index in [1.54, 1.807) is 0 Å². The monoisotopic (exact) mass is 242 g/mol. The Bertz CT molecular complexity index is 166. The van der Waals surface area contributed by atoms with E-state index in [1.807, 2.05) is 0 Å². The smallest absolute Gasteiger partial charge is 0.0575 e. The number of nitrogens with zero attached hydrogens (tertiary/aromatic N) is 1. The Labute approximate surface area is 107 Å². The van der Waals surface area contributed by atoms with Gasteiger partial charge < -0.3 is 15.0 Å². The normalized spacial score (nSPS) is 21.0. The molecule has 0 bridgehead atoms. The van der Waals surface area contributed by atoms with Crippen molar-refractivity contribution >= 4 is 0 Å². The van der Waals surface area contributed by atoms with Gasteiger partial charge in [-0.2, -0.15) is 0 Å². The highest BCUT2D eigenvalue weighted by atomic mass is 16.5. The van der Waals surface area contributed by atoms with Crippen LogP contribution in [0.25, 0.3) is 0 Å². The van der Waals surface area contributed by atoms with Crippen molar-refractivity contribution in [3.05, 3.63) is 0 Å². The summed E-state index contributed by atoms with van der Waals surface area (Å²) in [5, 5.41) is 3.53. The minimum Gasteiger partial charge on any atom is -0.378 e. The minimum absolute atomic E-state index is 0.549. The lowest BCUT2D eigenvalue weighted by Crippen LogP contribution is -2.32. The molecule has 0 aromatic carbocycles. The lowest BCUT2D eigenvalue weighted by molar-refractivity contribution is 0.0102. The van der Waals surface area contributed by atoms with Gasteiger partial charge in [0.25, 0.3) is 0 Å². The molecule has 1 saturated heterocycles. The SMILES string of the molecule is CCN(CC)CCNCCCC1CCCCO1. The quantitative estimate of drug-likeness (QED) is 0.628. The van der Waals surface area contributed by atoms with Gasteiger partial charge in [0.05, 0.1) is 6.10 Å². The molecule has 1 aliphatic heterocycles. The molecule has 1 fully saturated rings. The predicted molar refractivity (Wildman–Crippen MR) is 73.5 cm³/mol. The number of nitrogens with one attached hydrogen (secondary N) is 1. The molecule has 0 aromatic rings. The molecule has 0 aliphatic carbocycles. The predicted octanol–water partition coefficient (Wildman–Crippen LogP) is 2.27. The van der Waals surface area contributed by atoms with Crippen LogP contribution in [0.4, 0.5) is 0 Å². The first-order chi connectivity index (χ1) is 8.36. The van der Waals surface area contributed by atoms with Crippen LogP contribution in [0.5, 0.6) is 0 Å². The zero-order valence-corrected chi connectivity index (χ0v) is 11.7. The number of hydrogen-bond acceptors (Lipinski definition) is 3. The summed E-state index contributed by atoms with van der Waals surface area (Å²) < 4.78 is 5.72. The van der Waals surface area contributed by atoms with Crippen LogP contribution < -0.4 is 5.32 Å². The molecule has 0 amide bonds. The van der Waals surface area contributed by atoms with Gasteiger partial charge in [-0.3, -0.25) is 0 Å². The van der Waals surface area contributed by atoms with Crippen molar-refractivity contribution in [2.75, 3.05) is 39.3 Å². The first-order valence-electron chi connectivity index (χ1n) is 7.41. The number of hydrogen-bond donors (Lipinski definition) is 1. The fourth-order valence-electron chi connectivity index (χ4n) is 2.39. The zero-order chi connectivity index (χ0) is 12.3. The van der Waals surface area contributed by atoms with Gasteiger partial charge >= 0.3 is 0 Å². The average molecular weight is 242 g/mol. The second kappa shape index (κ2) is 9.86. The molecule has 3 heteroatoms. The van der Waals surface area contributed by atoms with Gasteiger partial charge in [0.2, 0.25) is 0 Å². The second-order valence-corrected chi connectivity index (χ2v) is 4.91. The molecule has 0 aromatic heterocycles. The van der Waals surface area contributed by atoms with Crippen molar-refractivity contribution in [1.82, 2.24) is 10.2 Å². The van der Waals surface area contributed by atoms with E-state index in [0.717, 1.165) is 32.8 Å². The topological polar surface area (TPSA) is 24.5 Å². The maximum absolute atomic E-state index is 5.72. The summed E-state index contributed by atoms with van der Waals surface area (Å²) in [7, 11) is 0. The Morgan fingerprint density at radius 2 is 2.00 bits per heavy atom. The van der Waals surface area contributed by atoms with Crippen LogP contribution in [0.2, 0.25) is 0 Å². The molecule has 1 atom stereocenters. The van der Waals surface area contributed by atoms with E-state index in [0.29, 0.717) is 6.10 Å². The van der Waals surface area contributed by atoms with Gasteiger partial charge in [0, 0.05) is 19.7 Å². The minimum atomic E-state index is 0.549. The lowest BCUT2D eigenvalue weighted by atomic mass is 10.0. The van der Waals surface area contributed by atoms with Crippen molar-refractivity contribution in [2.45, 2.75) is 52.1 Å². The molecule has 1 heterocycles. The average Bonchev–Trinajstić information content (AvgIpc) is 2.39. The molecule has 0 radical (unpaired) electrons. The van der Waals surface area contributed by atoms with Gasteiger partial charge in [-0.15, -0.1) is 0 Å². The van der Waals surface area contributed by atoms with Crippen LogP contribution >= 0.6 is 0 Å². The molecule has 3 nitrogen and oxygen atoms in total. The molecule has 17 heavy (non-hydrogen) atoms. The zero-order valence-electron chi connectivity index (χ0n) is 11.7. The first-order valence-corrected chi connectivity index (χ1v) is 7.41. The highest BCUT2D eigenvalue weighted by Crippen LogP contribution is 2.16. The van der Waals surface area contributed by atoms with Crippen molar-refractivity contribution in [3.8, 4) is 0 Å². The summed E-state index contributed by atoms with van der Waals surface area (Å²) in [5.74, 6) is 0. The molecule has 0 spiro atoms. The van der Waals surface area contributed by atoms with Crippen LogP contribution in [0, 0.1) is 0 Å². The fraction of sp³-hybridized carbons (Fsp3) is 1.00. The standard InChI is InChI=1S/C14H30N2O/c1-3-16(4-2)12-11-15-10-7-9-14-8-5-6-13-17-14/h14-15H,3-13H2,1-2H3. The highest BCUT2D eigenvalue weighted by Gasteiger charge is 2.12. The van der Waals surface area contributed by atoms with Gasteiger partial charge in [-0.25, -0.2) is 0 Å². The van der Waals surface area contributed by atoms with E-state index in [9.17, 15) is 0 Å². The Kier molecular flexibility index (Phi) is 8.67. The van der Waals surface area contributed by atoms with Crippen molar-refractivity contribution in [2.24, 2.45) is 0 Å². The summed E-state index contributed by atoms with van der Waals surface area (Å²) in [6.45, 7) is 11.2. The van der Waals surface area contributed by atoms with E-state index in [4.69, 9.17) is 4.74 Å². The Morgan fingerprint density at radius 1 is 1.18 bits per heavy atom. The molecule has 1 N–H and O–H groups in total. The lowest BCUT2D eigenvalue weighted by Gasteiger charge is -2.22. The van der Waals surface area contributed by atoms with Gasteiger partial charge in [0.1, 0.15) is 0 Å². The first kappa shape index (κ1) is 14.9. The molecule has 1 rings (SSSR count). The summed E-state index contributed by atoms with van der Waals surface area (Å²) >= 11 is 0. The number of ether oxygens (including phenoxy) is 1. The molecule has 0 saturated carbocycles. The molecule has 1 unspecified atom stereocenters. The second-order valence-electron chi connectivity index (χ2n) is 4.91. The molecule has 1 aliphatic rings. The van der Waals surface area contributed by atoms with Gasteiger partial charge in [-0.1, -0.05) is 13.8 Å². The van der Waals surface area contributed by atoms with Crippen molar-refractivity contribution in [1.29, 1.82) is 0 Å². The van der Waals surface area contributed by atoms with E-state index in [-0.39, 0.29) is 0 Å². The maximum atomic E-state index is 5.72. The third-order valence-electron chi connectivity index (χ3n) is 3.65. The van der Waals surface area contributed by atoms with Gasteiger partial charge in [-0.05, 0) is 51.7 Å². The summed E-state index contributed by atoms with van der Waals surface area (Å²) in [6.07, 6.45) is 6.94. The molecular formula is C14H30N2O. The van der Waals surface area contributed by atoms with E-state index < -0.39 is 0 Å². The Balaban J connectivity index is 1.86. The molecule has 102 valence electrons. The largest absolute Gasteiger partial charge is 0.378 e. The van der Waals surface area contributed by atoms with Crippen LogP contribution in [-0.4, -0.2) is 50.3 Å². The Hall–Kier alpha value is -0.120. The fourth-order valence-corrected chi connectivity index (χ4v) is 2.39. The van der Waals surface area contributed by atoms with Gasteiger partial charge in [0.15, 0.2) is 0 Å². The van der Waals surface area contributed by atoms with Crippen LogP contribution in [0.1, 0.15) is 46.0 Å². The molecular weight excluding hydrogens is 212 g/mol. The maximum Gasteiger partial charge on any atom is 0.0575 e. The summed E-state index contributed by atoms with van der Waals surface area (Å²) in [4.78, 5) is 2.46. The van der Waals surface area contributed by atoms with E-state index in [2.05, 4.69) is 24.1 Å². The van der Waals surface area contributed by atoms with E-state index >= 15 is 0 Å². The van der Waals surface area contributed by atoms with Crippen molar-refractivity contribution < 1.29 is 4.74 Å². The summed E-state index contributed by atoms with van der Waals surface area (Å²) in [5.41, 5.74) is 0. The van der Waals surface area contributed by atoms with Crippen LogP contribution in [0.3, 0.4) is 0 Å². The number of rotatable bonds is 9. The summed E-state index contributed by atoms with van der Waals surface area (Å²) in [6, 6.07) is 0. The van der Waals surface area contributed by atoms with Crippen molar-refractivity contribution in [3.63, 3.8) is 0 Å². The van der Waals surface area contributed by atoms with E-state index in [1.165, 1.54) is 38.6 Å².